The Morgan fingerprint density at radius 2 is 1.76 bits per heavy atom. The lowest BCUT2D eigenvalue weighted by Gasteiger charge is -2.16. The van der Waals surface area contributed by atoms with E-state index in [1.54, 1.807) is 13.4 Å². The van der Waals surface area contributed by atoms with Crippen molar-refractivity contribution in [1.29, 1.82) is 0 Å². The van der Waals surface area contributed by atoms with Gasteiger partial charge in [0, 0.05) is 12.1 Å². The summed E-state index contributed by atoms with van der Waals surface area (Å²) in [6.07, 6.45) is 1.68. The van der Waals surface area contributed by atoms with Gasteiger partial charge in [-0.15, -0.1) is 0 Å². The zero-order chi connectivity index (χ0) is 17.5. The second-order valence-electron chi connectivity index (χ2n) is 5.85. The summed E-state index contributed by atoms with van der Waals surface area (Å²) in [5.41, 5.74) is 3.44. The predicted octanol–water partition coefficient (Wildman–Crippen LogP) is 4.47. The molecule has 4 heteroatoms. The molecule has 0 aliphatic carbocycles. The van der Waals surface area contributed by atoms with E-state index in [9.17, 15) is 0 Å². The number of aryl methyl sites for hydroxylation is 1. The van der Waals surface area contributed by atoms with Crippen LogP contribution in [0.25, 0.3) is 0 Å². The smallest absolute Gasteiger partial charge is 0.166 e. The van der Waals surface area contributed by atoms with Crippen molar-refractivity contribution in [1.82, 2.24) is 5.32 Å². The fraction of sp³-hybridized carbons (Fsp3) is 0.238. The molecule has 1 N–H and O–H groups in total. The standard InChI is InChI=1S/C21H23NO3/c1-16-7-3-4-8-18(16)15-25-21-17(9-5-11-20(21)23-2)13-22-14-19-10-6-12-24-19/h3-12,22H,13-15H2,1-2H3. The van der Waals surface area contributed by atoms with Crippen LogP contribution in [0.2, 0.25) is 0 Å². The molecule has 0 aliphatic heterocycles. The molecule has 0 fully saturated rings. The molecule has 0 saturated carbocycles. The highest BCUT2D eigenvalue weighted by Gasteiger charge is 2.11. The third-order valence-corrected chi connectivity index (χ3v) is 4.11. The molecule has 0 radical (unpaired) electrons. The summed E-state index contributed by atoms with van der Waals surface area (Å²) in [5, 5.41) is 3.38. The maximum atomic E-state index is 6.13. The van der Waals surface area contributed by atoms with Crippen LogP contribution in [0.5, 0.6) is 11.5 Å². The molecule has 0 bridgehead atoms. The molecule has 0 atom stereocenters. The lowest BCUT2D eigenvalue weighted by Crippen LogP contribution is -2.13. The molecule has 1 aromatic heterocycles. The molecule has 1 heterocycles. The maximum Gasteiger partial charge on any atom is 0.166 e. The molecule has 130 valence electrons. The molecular formula is C21H23NO3. The summed E-state index contributed by atoms with van der Waals surface area (Å²) in [6, 6.07) is 18.0. The van der Waals surface area contributed by atoms with Gasteiger partial charge in [0.25, 0.3) is 0 Å². The van der Waals surface area contributed by atoms with Gasteiger partial charge in [-0.2, -0.15) is 0 Å². The van der Waals surface area contributed by atoms with E-state index in [0.29, 0.717) is 19.7 Å². The number of benzene rings is 2. The lowest BCUT2D eigenvalue weighted by atomic mass is 10.1. The molecule has 3 aromatic rings. The third-order valence-electron chi connectivity index (χ3n) is 4.11. The van der Waals surface area contributed by atoms with Gasteiger partial charge in [0.1, 0.15) is 12.4 Å². The zero-order valence-corrected chi connectivity index (χ0v) is 14.6. The van der Waals surface area contributed by atoms with Crippen LogP contribution in [-0.4, -0.2) is 7.11 Å². The summed E-state index contributed by atoms with van der Waals surface area (Å²) in [5.74, 6) is 2.43. The SMILES string of the molecule is COc1cccc(CNCc2ccco2)c1OCc1ccccc1C. The number of hydrogen-bond acceptors (Lipinski definition) is 4. The molecule has 0 aliphatic rings. The second-order valence-corrected chi connectivity index (χ2v) is 5.85. The van der Waals surface area contributed by atoms with Crippen molar-refractivity contribution in [3.8, 4) is 11.5 Å². The quantitative estimate of drug-likeness (QED) is 0.659. The Morgan fingerprint density at radius 1 is 0.920 bits per heavy atom. The summed E-state index contributed by atoms with van der Waals surface area (Å²) < 4.78 is 17.0. The molecule has 0 saturated heterocycles. The Kier molecular flexibility index (Phi) is 5.75. The van der Waals surface area contributed by atoms with E-state index in [4.69, 9.17) is 13.9 Å². The Morgan fingerprint density at radius 3 is 2.52 bits per heavy atom. The van der Waals surface area contributed by atoms with E-state index in [-0.39, 0.29) is 0 Å². The molecule has 3 rings (SSSR count). The van der Waals surface area contributed by atoms with Crippen molar-refractivity contribution in [3.05, 3.63) is 83.3 Å². The van der Waals surface area contributed by atoms with Gasteiger partial charge < -0.3 is 19.2 Å². The van der Waals surface area contributed by atoms with Crippen LogP contribution in [-0.2, 0) is 19.7 Å². The minimum Gasteiger partial charge on any atom is -0.493 e. The van der Waals surface area contributed by atoms with Crippen molar-refractivity contribution in [2.75, 3.05) is 7.11 Å². The van der Waals surface area contributed by atoms with Crippen molar-refractivity contribution in [2.45, 2.75) is 26.6 Å². The van der Waals surface area contributed by atoms with E-state index in [0.717, 1.165) is 22.8 Å². The molecular weight excluding hydrogens is 314 g/mol. The Labute approximate surface area is 148 Å². The lowest BCUT2D eigenvalue weighted by molar-refractivity contribution is 0.280. The number of rotatable bonds is 8. The van der Waals surface area contributed by atoms with Crippen molar-refractivity contribution in [2.24, 2.45) is 0 Å². The summed E-state index contributed by atoms with van der Waals surface area (Å²) in [4.78, 5) is 0. The largest absolute Gasteiger partial charge is 0.493 e. The van der Waals surface area contributed by atoms with Gasteiger partial charge in [-0.25, -0.2) is 0 Å². The molecule has 25 heavy (non-hydrogen) atoms. The van der Waals surface area contributed by atoms with Crippen LogP contribution in [0.3, 0.4) is 0 Å². The summed E-state index contributed by atoms with van der Waals surface area (Å²) in [7, 11) is 1.66. The van der Waals surface area contributed by atoms with Crippen LogP contribution in [0, 0.1) is 6.92 Å². The molecule has 0 amide bonds. The maximum absolute atomic E-state index is 6.13. The molecule has 4 nitrogen and oxygen atoms in total. The zero-order valence-electron chi connectivity index (χ0n) is 14.6. The Bertz CT molecular complexity index is 797. The van der Waals surface area contributed by atoms with Gasteiger partial charge in [0.05, 0.1) is 19.9 Å². The number of nitrogens with one attached hydrogen (secondary N) is 1. The monoisotopic (exact) mass is 337 g/mol. The van der Waals surface area contributed by atoms with Crippen molar-refractivity contribution < 1.29 is 13.9 Å². The van der Waals surface area contributed by atoms with Gasteiger partial charge in [-0.1, -0.05) is 36.4 Å². The topological polar surface area (TPSA) is 43.6 Å². The van der Waals surface area contributed by atoms with E-state index in [2.05, 4.69) is 24.4 Å². The minimum absolute atomic E-state index is 0.512. The van der Waals surface area contributed by atoms with E-state index in [1.807, 2.05) is 42.5 Å². The number of furan rings is 1. The molecule has 2 aromatic carbocycles. The third kappa shape index (κ3) is 4.43. The molecule has 0 spiro atoms. The first-order valence-electron chi connectivity index (χ1n) is 8.34. The highest BCUT2D eigenvalue weighted by Crippen LogP contribution is 2.32. The first kappa shape index (κ1) is 17.1. The Balaban J connectivity index is 1.71. The van der Waals surface area contributed by atoms with Crippen molar-refractivity contribution >= 4 is 0 Å². The average Bonchev–Trinajstić information content (AvgIpc) is 3.15. The van der Waals surface area contributed by atoms with Gasteiger partial charge in [-0.05, 0) is 36.2 Å². The van der Waals surface area contributed by atoms with Crippen LogP contribution >= 0.6 is 0 Å². The van der Waals surface area contributed by atoms with Crippen LogP contribution in [0.4, 0.5) is 0 Å². The number of hydrogen-bond donors (Lipinski definition) is 1. The highest BCUT2D eigenvalue weighted by molar-refractivity contribution is 5.46. The summed E-state index contributed by atoms with van der Waals surface area (Å²) >= 11 is 0. The number of methoxy groups -OCH3 is 1. The predicted molar refractivity (Wildman–Crippen MR) is 97.8 cm³/mol. The first-order chi connectivity index (χ1) is 12.3. The van der Waals surface area contributed by atoms with Crippen molar-refractivity contribution in [3.63, 3.8) is 0 Å². The van der Waals surface area contributed by atoms with Gasteiger partial charge in [0.15, 0.2) is 11.5 Å². The minimum atomic E-state index is 0.512. The van der Waals surface area contributed by atoms with Gasteiger partial charge in [-0.3, -0.25) is 0 Å². The van der Waals surface area contributed by atoms with Gasteiger partial charge in [0.2, 0.25) is 0 Å². The normalized spacial score (nSPS) is 10.6. The van der Waals surface area contributed by atoms with E-state index >= 15 is 0 Å². The van der Waals surface area contributed by atoms with E-state index in [1.165, 1.54) is 11.1 Å². The summed E-state index contributed by atoms with van der Waals surface area (Å²) in [6.45, 7) is 3.94. The molecule has 0 unspecified atom stereocenters. The fourth-order valence-electron chi connectivity index (χ4n) is 2.68. The first-order valence-corrected chi connectivity index (χ1v) is 8.34. The fourth-order valence-corrected chi connectivity index (χ4v) is 2.68. The van der Waals surface area contributed by atoms with E-state index < -0.39 is 0 Å². The average molecular weight is 337 g/mol. The number of ether oxygens (including phenoxy) is 2. The second kappa shape index (κ2) is 8.40. The number of para-hydroxylation sites is 1. The van der Waals surface area contributed by atoms with Crippen LogP contribution < -0.4 is 14.8 Å². The highest BCUT2D eigenvalue weighted by atomic mass is 16.5. The van der Waals surface area contributed by atoms with Gasteiger partial charge >= 0.3 is 0 Å². The van der Waals surface area contributed by atoms with Crippen LogP contribution in [0.1, 0.15) is 22.5 Å². The van der Waals surface area contributed by atoms with Crippen LogP contribution in [0.15, 0.2) is 65.3 Å². The Hall–Kier alpha value is -2.72.